The fraction of sp³-hybridized carbons (Fsp3) is 0.133. The summed E-state index contributed by atoms with van der Waals surface area (Å²) in [5.41, 5.74) is 0.969. The van der Waals surface area contributed by atoms with E-state index in [0.29, 0.717) is 17.4 Å². The van der Waals surface area contributed by atoms with Gasteiger partial charge in [-0.2, -0.15) is 10.2 Å². The van der Waals surface area contributed by atoms with Crippen molar-refractivity contribution < 1.29 is 4.79 Å². The molecule has 0 aliphatic rings. The molecule has 2 heterocycles. The van der Waals surface area contributed by atoms with E-state index in [-0.39, 0.29) is 12.5 Å². The summed E-state index contributed by atoms with van der Waals surface area (Å²) < 4.78 is 4.09. The molecule has 0 saturated carbocycles. The topological polar surface area (TPSA) is 64.7 Å². The van der Waals surface area contributed by atoms with Crippen LogP contribution in [-0.4, -0.2) is 25.5 Å². The van der Waals surface area contributed by atoms with Crippen molar-refractivity contribution >= 4 is 39.3 Å². The SMILES string of the molecule is O=C(Cn1cc(Br)cn1)Nc1ccn(Cc2ccccc2Cl)n1. The number of rotatable bonds is 5. The third-order valence-corrected chi connectivity index (χ3v) is 3.88. The zero-order valence-electron chi connectivity index (χ0n) is 12.0. The number of nitrogens with one attached hydrogen (secondary N) is 1. The standard InChI is InChI=1S/C15H13BrClN5O/c16-12-7-18-22(9-12)10-15(23)19-14-5-6-21(20-14)8-11-3-1-2-4-13(11)17/h1-7,9H,8,10H2,(H,19,20,23). The summed E-state index contributed by atoms with van der Waals surface area (Å²) in [5.74, 6) is 0.303. The average molecular weight is 395 g/mol. The number of hydrogen-bond acceptors (Lipinski definition) is 3. The van der Waals surface area contributed by atoms with Gasteiger partial charge in [0, 0.05) is 23.5 Å². The smallest absolute Gasteiger partial charge is 0.247 e. The van der Waals surface area contributed by atoms with Crippen molar-refractivity contribution in [3.05, 3.63) is 64.0 Å². The maximum absolute atomic E-state index is 12.0. The highest BCUT2D eigenvalue weighted by Crippen LogP contribution is 2.16. The molecule has 8 heteroatoms. The monoisotopic (exact) mass is 393 g/mol. The van der Waals surface area contributed by atoms with Gasteiger partial charge in [0.15, 0.2) is 5.82 Å². The minimum Gasteiger partial charge on any atom is -0.308 e. The summed E-state index contributed by atoms with van der Waals surface area (Å²) in [6.07, 6.45) is 5.16. The number of amides is 1. The lowest BCUT2D eigenvalue weighted by molar-refractivity contribution is -0.116. The molecule has 1 N–H and O–H groups in total. The van der Waals surface area contributed by atoms with Crippen molar-refractivity contribution in [3.63, 3.8) is 0 Å². The number of carbonyl (C=O) groups excluding carboxylic acids is 1. The second-order valence-corrected chi connectivity index (χ2v) is 6.22. The summed E-state index contributed by atoms with van der Waals surface area (Å²) in [6.45, 7) is 0.671. The number of hydrogen-bond donors (Lipinski definition) is 1. The minimum absolute atomic E-state index is 0.128. The Morgan fingerprint density at radius 1 is 1.26 bits per heavy atom. The Balaban J connectivity index is 1.61. The van der Waals surface area contributed by atoms with Crippen LogP contribution in [0.1, 0.15) is 5.56 Å². The number of halogens is 2. The van der Waals surface area contributed by atoms with Crippen LogP contribution in [0.3, 0.4) is 0 Å². The van der Waals surface area contributed by atoms with Crippen LogP contribution in [0.2, 0.25) is 5.02 Å². The van der Waals surface area contributed by atoms with Crippen LogP contribution in [0, 0.1) is 0 Å². The highest BCUT2D eigenvalue weighted by Gasteiger charge is 2.08. The molecule has 1 aromatic carbocycles. The van der Waals surface area contributed by atoms with Gasteiger partial charge in [-0.05, 0) is 27.6 Å². The maximum Gasteiger partial charge on any atom is 0.247 e. The third-order valence-electron chi connectivity index (χ3n) is 3.11. The molecule has 0 saturated heterocycles. The maximum atomic E-state index is 12.0. The van der Waals surface area contributed by atoms with Crippen LogP contribution in [0.4, 0.5) is 5.82 Å². The fourth-order valence-corrected chi connectivity index (χ4v) is 2.60. The molecule has 3 aromatic rings. The number of benzene rings is 1. The zero-order valence-corrected chi connectivity index (χ0v) is 14.3. The normalized spacial score (nSPS) is 10.7. The van der Waals surface area contributed by atoms with Gasteiger partial charge in [-0.25, -0.2) is 0 Å². The van der Waals surface area contributed by atoms with Gasteiger partial charge in [0.2, 0.25) is 5.91 Å². The van der Waals surface area contributed by atoms with E-state index in [0.717, 1.165) is 10.0 Å². The van der Waals surface area contributed by atoms with E-state index in [2.05, 4.69) is 31.4 Å². The van der Waals surface area contributed by atoms with Crippen molar-refractivity contribution in [2.24, 2.45) is 0 Å². The molecule has 0 aliphatic carbocycles. The molecule has 0 unspecified atom stereocenters. The Bertz CT molecular complexity index is 829. The Morgan fingerprint density at radius 2 is 2.09 bits per heavy atom. The first-order chi connectivity index (χ1) is 11.1. The highest BCUT2D eigenvalue weighted by molar-refractivity contribution is 9.10. The molecule has 23 heavy (non-hydrogen) atoms. The van der Waals surface area contributed by atoms with E-state index < -0.39 is 0 Å². The van der Waals surface area contributed by atoms with E-state index in [9.17, 15) is 4.79 Å². The lowest BCUT2D eigenvalue weighted by Crippen LogP contribution is -2.19. The minimum atomic E-state index is -0.191. The molecule has 0 fully saturated rings. The van der Waals surface area contributed by atoms with Crippen molar-refractivity contribution in [3.8, 4) is 0 Å². The van der Waals surface area contributed by atoms with Crippen LogP contribution in [-0.2, 0) is 17.9 Å². The van der Waals surface area contributed by atoms with Crippen molar-refractivity contribution in [2.75, 3.05) is 5.32 Å². The summed E-state index contributed by atoms with van der Waals surface area (Å²) in [6, 6.07) is 9.33. The first-order valence-electron chi connectivity index (χ1n) is 6.85. The third kappa shape index (κ3) is 4.20. The molecule has 0 atom stereocenters. The quantitative estimate of drug-likeness (QED) is 0.723. The molecule has 0 bridgehead atoms. The number of carbonyl (C=O) groups is 1. The Hall–Kier alpha value is -2.12. The molecule has 1 amide bonds. The van der Waals surface area contributed by atoms with Crippen LogP contribution in [0.15, 0.2) is 53.4 Å². The molecule has 6 nitrogen and oxygen atoms in total. The predicted octanol–water partition coefficient (Wildman–Crippen LogP) is 3.18. The molecule has 2 aromatic heterocycles. The largest absolute Gasteiger partial charge is 0.308 e. The summed E-state index contributed by atoms with van der Waals surface area (Å²) in [5, 5.41) is 11.8. The predicted molar refractivity (Wildman–Crippen MR) is 91.3 cm³/mol. The van der Waals surface area contributed by atoms with Crippen molar-refractivity contribution in [2.45, 2.75) is 13.1 Å². The molecule has 0 radical (unpaired) electrons. The lowest BCUT2D eigenvalue weighted by atomic mass is 10.2. The van der Waals surface area contributed by atoms with Crippen LogP contribution in [0.25, 0.3) is 0 Å². The molecule has 118 valence electrons. The Morgan fingerprint density at radius 3 is 2.83 bits per heavy atom. The second kappa shape index (κ2) is 6.97. The molecule has 0 spiro atoms. The van der Waals surface area contributed by atoms with Gasteiger partial charge in [0.25, 0.3) is 0 Å². The van der Waals surface area contributed by atoms with Gasteiger partial charge >= 0.3 is 0 Å². The van der Waals surface area contributed by atoms with Crippen molar-refractivity contribution in [1.82, 2.24) is 19.6 Å². The van der Waals surface area contributed by atoms with Crippen LogP contribution in [0.5, 0.6) is 0 Å². The average Bonchev–Trinajstić information content (AvgIpc) is 3.11. The number of nitrogens with zero attached hydrogens (tertiary/aromatic N) is 4. The van der Waals surface area contributed by atoms with Gasteiger partial charge in [-0.1, -0.05) is 29.8 Å². The second-order valence-electron chi connectivity index (χ2n) is 4.89. The van der Waals surface area contributed by atoms with Crippen molar-refractivity contribution in [1.29, 1.82) is 0 Å². The van der Waals surface area contributed by atoms with E-state index in [1.165, 1.54) is 0 Å². The van der Waals surface area contributed by atoms with Crippen LogP contribution >= 0.6 is 27.5 Å². The zero-order chi connectivity index (χ0) is 16.2. The fourth-order valence-electron chi connectivity index (χ4n) is 2.07. The summed E-state index contributed by atoms with van der Waals surface area (Å²) in [4.78, 5) is 12.0. The highest BCUT2D eigenvalue weighted by atomic mass is 79.9. The lowest BCUT2D eigenvalue weighted by Gasteiger charge is -2.04. The summed E-state index contributed by atoms with van der Waals surface area (Å²) in [7, 11) is 0. The molecule has 3 rings (SSSR count). The van der Waals surface area contributed by atoms with Crippen LogP contribution < -0.4 is 5.32 Å². The number of aromatic nitrogens is 4. The van der Waals surface area contributed by atoms with Gasteiger partial charge in [-0.3, -0.25) is 14.2 Å². The van der Waals surface area contributed by atoms with E-state index in [4.69, 9.17) is 11.6 Å². The summed E-state index contributed by atoms with van der Waals surface area (Å²) >= 11 is 9.42. The van der Waals surface area contributed by atoms with E-state index in [1.807, 2.05) is 24.3 Å². The van der Waals surface area contributed by atoms with Gasteiger partial charge in [-0.15, -0.1) is 0 Å². The van der Waals surface area contributed by atoms with E-state index in [1.54, 1.807) is 34.0 Å². The molecule has 0 aliphatic heterocycles. The number of anilines is 1. The first kappa shape index (κ1) is 15.8. The molecular formula is C15H13BrClN5O. The Labute approximate surface area is 146 Å². The Kier molecular flexibility index (Phi) is 4.78. The van der Waals surface area contributed by atoms with E-state index >= 15 is 0 Å². The van der Waals surface area contributed by atoms with Gasteiger partial charge < -0.3 is 5.32 Å². The first-order valence-corrected chi connectivity index (χ1v) is 8.02. The van der Waals surface area contributed by atoms with Gasteiger partial charge in [0.1, 0.15) is 6.54 Å². The van der Waals surface area contributed by atoms with Gasteiger partial charge in [0.05, 0.1) is 17.2 Å². The molecular weight excluding hydrogens is 382 g/mol.